The van der Waals surface area contributed by atoms with E-state index in [9.17, 15) is 9.59 Å². The highest BCUT2D eigenvalue weighted by Crippen LogP contribution is 2.11. The number of para-hydroxylation sites is 1. The molecule has 3 amide bonds. The van der Waals surface area contributed by atoms with E-state index < -0.39 is 6.03 Å². The number of nitrogens with one attached hydrogen (secondary N) is 1. The molecule has 2 aromatic carbocycles. The van der Waals surface area contributed by atoms with Crippen LogP contribution in [0.15, 0.2) is 60.7 Å². The van der Waals surface area contributed by atoms with E-state index in [-0.39, 0.29) is 12.3 Å². The first-order valence-corrected chi connectivity index (χ1v) is 6.65. The number of carbonyl (C=O) groups is 2. The number of hydrogen-bond acceptors (Lipinski definition) is 2. The van der Waals surface area contributed by atoms with Gasteiger partial charge in [-0.3, -0.25) is 10.2 Å². The van der Waals surface area contributed by atoms with Crippen molar-refractivity contribution in [1.82, 2.24) is 5.43 Å². The fraction of sp³-hybridized carbons (Fsp3) is 0.125. The molecule has 0 aliphatic carbocycles. The number of nitrogens with zero attached hydrogens (tertiary/aromatic N) is 1. The molecule has 21 heavy (non-hydrogen) atoms. The second kappa shape index (κ2) is 7.09. The number of urea groups is 1. The minimum Gasteiger partial charge on any atom is -0.350 e. The van der Waals surface area contributed by atoms with Gasteiger partial charge >= 0.3 is 6.03 Å². The van der Waals surface area contributed by atoms with E-state index in [4.69, 9.17) is 5.73 Å². The summed E-state index contributed by atoms with van der Waals surface area (Å²) in [5, 5.41) is 1.05. The number of aryl methyl sites for hydroxylation is 1. The minimum atomic E-state index is -0.728. The Kier molecular flexibility index (Phi) is 4.93. The minimum absolute atomic E-state index is 0.262. The van der Waals surface area contributed by atoms with Gasteiger partial charge in [-0.15, -0.1) is 0 Å². The summed E-state index contributed by atoms with van der Waals surface area (Å²) < 4.78 is 0. The number of nitrogens with two attached hydrogens (primary N) is 1. The number of rotatable bonds is 4. The highest BCUT2D eigenvalue weighted by molar-refractivity contribution is 5.94. The Labute approximate surface area is 123 Å². The monoisotopic (exact) mass is 283 g/mol. The quantitative estimate of drug-likeness (QED) is 0.844. The maximum absolute atomic E-state index is 11.9. The van der Waals surface area contributed by atoms with Crippen molar-refractivity contribution in [3.05, 3.63) is 66.2 Å². The molecule has 0 fully saturated rings. The van der Waals surface area contributed by atoms with E-state index in [2.05, 4.69) is 5.43 Å². The molecule has 0 saturated carbocycles. The number of hydrogen-bond donors (Lipinski definition) is 2. The van der Waals surface area contributed by atoms with E-state index in [0.717, 1.165) is 10.6 Å². The molecule has 0 aliphatic heterocycles. The number of carbonyl (C=O) groups excluding carboxylic acids is 2. The molecule has 5 nitrogen and oxygen atoms in total. The van der Waals surface area contributed by atoms with Gasteiger partial charge in [0.2, 0.25) is 5.91 Å². The van der Waals surface area contributed by atoms with Crippen molar-refractivity contribution in [2.45, 2.75) is 12.8 Å². The van der Waals surface area contributed by atoms with Crippen molar-refractivity contribution in [1.29, 1.82) is 0 Å². The summed E-state index contributed by atoms with van der Waals surface area (Å²) in [6, 6.07) is 17.7. The Morgan fingerprint density at radius 3 is 2.10 bits per heavy atom. The van der Waals surface area contributed by atoms with Crippen molar-refractivity contribution >= 4 is 17.6 Å². The summed E-state index contributed by atoms with van der Waals surface area (Å²) in [6.07, 6.45) is 0.884. The van der Waals surface area contributed by atoms with E-state index in [1.165, 1.54) is 0 Å². The van der Waals surface area contributed by atoms with Crippen LogP contribution in [-0.2, 0) is 11.2 Å². The highest BCUT2D eigenvalue weighted by Gasteiger charge is 2.14. The predicted octanol–water partition coefficient (Wildman–Crippen LogP) is 2.24. The van der Waals surface area contributed by atoms with Crippen LogP contribution in [0, 0.1) is 0 Å². The van der Waals surface area contributed by atoms with Gasteiger partial charge in [0.1, 0.15) is 0 Å². The number of anilines is 1. The van der Waals surface area contributed by atoms with Gasteiger partial charge < -0.3 is 5.73 Å². The second-order valence-electron chi connectivity index (χ2n) is 4.53. The molecule has 3 N–H and O–H groups in total. The number of amides is 3. The Bertz CT molecular complexity index is 599. The van der Waals surface area contributed by atoms with Gasteiger partial charge in [0.05, 0.1) is 5.69 Å². The summed E-state index contributed by atoms with van der Waals surface area (Å²) in [5.74, 6) is -0.262. The first kappa shape index (κ1) is 14.6. The molecule has 0 unspecified atom stereocenters. The third-order valence-corrected chi connectivity index (χ3v) is 2.95. The number of primary amides is 1. The van der Waals surface area contributed by atoms with E-state index >= 15 is 0 Å². The smallest absolute Gasteiger partial charge is 0.338 e. The van der Waals surface area contributed by atoms with Gasteiger partial charge in [-0.05, 0) is 24.1 Å². The van der Waals surface area contributed by atoms with Crippen LogP contribution in [0.25, 0.3) is 0 Å². The van der Waals surface area contributed by atoms with Gasteiger partial charge in [0.25, 0.3) is 0 Å². The lowest BCUT2D eigenvalue weighted by Gasteiger charge is -2.21. The van der Waals surface area contributed by atoms with Crippen molar-refractivity contribution in [3.63, 3.8) is 0 Å². The lowest BCUT2D eigenvalue weighted by Crippen LogP contribution is -2.49. The average molecular weight is 283 g/mol. The zero-order chi connectivity index (χ0) is 15.1. The largest absolute Gasteiger partial charge is 0.350 e. The predicted molar refractivity (Wildman–Crippen MR) is 81.4 cm³/mol. The fourth-order valence-electron chi connectivity index (χ4n) is 1.91. The van der Waals surface area contributed by atoms with Crippen LogP contribution in [0.3, 0.4) is 0 Å². The van der Waals surface area contributed by atoms with E-state index in [1.807, 2.05) is 36.4 Å². The molecular weight excluding hydrogens is 266 g/mol. The first-order valence-electron chi connectivity index (χ1n) is 6.65. The van der Waals surface area contributed by atoms with E-state index in [1.54, 1.807) is 24.3 Å². The third-order valence-electron chi connectivity index (χ3n) is 2.95. The Hall–Kier alpha value is -2.82. The molecule has 0 aromatic heterocycles. The molecule has 0 radical (unpaired) electrons. The Morgan fingerprint density at radius 1 is 0.952 bits per heavy atom. The van der Waals surface area contributed by atoms with Gasteiger partial charge in [0, 0.05) is 6.42 Å². The van der Waals surface area contributed by atoms with Crippen molar-refractivity contribution in [3.8, 4) is 0 Å². The van der Waals surface area contributed by atoms with Crippen LogP contribution >= 0.6 is 0 Å². The maximum Gasteiger partial charge on any atom is 0.338 e. The van der Waals surface area contributed by atoms with Crippen LogP contribution in [0.1, 0.15) is 12.0 Å². The molecule has 2 rings (SSSR count). The SMILES string of the molecule is NC(=O)N(NC(=O)CCc1ccccc1)c1ccccc1. The summed E-state index contributed by atoms with van der Waals surface area (Å²) in [6.45, 7) is 0. The van der Waals surface area contributed by atoms with Crippen LogP contribution in [0.4, 0.5) is 10.5 Å². The van der Waals surface area contributed by atoms with Gasteiger partial charge in [-0.2, -0.15) is 0 Å². The standard InChI is InChI=1S/C16H17N3O2/c17-16(21)19(14-9-5-2-6-10-14)18-15(20)12-11-13-7-3-1-4-8-13/h1-10H,11-12H2,(H2,17,21)(H,18,20). The molecule has 108 valence electrons. The Balaban J connectivity index is 1.95. The normalized spacial score (nSPS) is 9.90. The lowest BCUT2D eigenvalue weighted by molar-refractivity contribution is -0.121. The second-order valence-corrected chi connectivity index (χ2v) is 4.53. The van der Waals surface area contributed by atoms with Crippen molar-refractivity contribution < 1.29 is 9.59 Å². The van der Waals surface area contributed by atoms with Crippen molar-refractivity contribution in [2.75, 3.05) is 5.01 Å². The maximum atomic E-state index is 11.9. The molecule has 0 bridgehead atoms. The van der Waals surface area contributed by atoms with Gasteiger partial charge in [-0.25, -0.2) is 9.80 Å². The zero-order valence-electron chi connectivity index (χ0n) is 11.5. The van der Waals surface area contributed by atoms with Crippen LogP contribution in [-0.4, -0.2) is 11.9 Å². The first-order chi connectivity index (χ1) is 10.2. The topological polar surface area (TPSA) is 75.4 Å². The molecule has 0 aliphatic rings. The third kappa shape index (κ3) is 4.35. The fourth-order valence-corrected chi connectivity index (χ4v) is 1.91. The average Bonchev–Trinajstić information content (AvgIpc) is 2.52. The lowest BCUT2D eigenvalue weighted by atomic mass is 10.1. The highest BCUT2D eigenvalue weighted by atomic mass is 16.2. The molecule has 2 aromatic rings. The molecule has 0 atom stereocenters. The van der Waals surface area contributed by atoms with Crippen LogP contribution in [0.2, 0.25) is 0 Å². The van der Waals surface area contributed by atoms with Crippen LogP contribution < -0.4 is 16.2 Å². The number of benzene rings is 2. The summed E-state index contributed by atoms with van der Waals surface area (Å²) in [5.41, 5.74) is 9.41. The Morgan fingerprint density at radius 2 is 1.52 bits per heavy atom. The summed E-state index contributed by atoms with van der Waals surface area (Å²) >= 11 is 0. The molecule has 5 heteroatoms. The van der Waals surface area contributed by atoms with Gasteiger partial charge in [0.15, 0.2) is 0 Å². The van der Waals surface area contributed by atoms with Gasteiger partial charge in [-0.1, -0.05) is 48.5 Å². The van der Waals surface area contributed by atoms with Crippen LogP contribution in [0.5, 0.6) is 0 Å². The van der Waals surface area contributed by atoms with E-state index in [0.29, 0.717) is 12.1 Å². The molecule has 0 spiro atoms. The zero-order valence-corrected chi connectivity index (χ0v) is 11.5. The molecule has 0 saturated heterocycles. The summed E-state index contributed by atoms with van der Waals surface area (Å²) in [7, 11) is 0. The molecular formula is C16H17N3O2. The van der Waals surface area contributed by atoms with Crippen molar-refractivity contribution in [2.24, 2.45) is 5.73 Å². The number of hydrazine groups is 1. The molecule has 0 heterocycles. The summed E-state index contributed by atoms with van der Waals surface area (Å²) in [4.78, 5) is 23.4.